The smallest absolute Gasteiger partial charge is 0.277 e. The van der Waals surface area contributed by atoms with Crippen LogP contribution in [0.1, 0.15) is 37.1 Å². The van der Waals surface area contributed by atoms with Crippen molar-refractivity contribution in [1.82, 2.24) is 15.1 Å². The molecule has 6 nitrogen and oxygen atoms in total. The topological polar surface area (TPSA) is 83.0 Å². The van der Waals surface area contributed by atoms with E-state index in [1.807, 2.05) is 13.0 Å². The average molecular weight is 391 g/mol. The molecule has 0 fully saturated rings. The molecule has 0 saturated carbocycles. The standard InChI is InChI=1S/C18H22N4O2S2/c1-11-5-6-14-13(9-11)10-15(26-14)16-20-21-18(24-16)25-12(2)17(23)22(3)8-4-7-19/h10-12H,4-6,8-9H2,1-3H3/t11-,12-/m0/s1. The van der Waals surface area contributed by atoms with Gasteiger partial charge >= 0.3 is 0 Å². The second-order valence-electron chi connectivity index (χ2n) is 6.71. The molecule has 138 valence electrons. The summed E-state index contributed by atoms with van der Waals surface area (Å²) < 4.78 is 5.78. The molecule has 0 saturated heterocycles. The molecule has 2 heterocycles. The quantitative estimate of drug-likeness (QED) is 0.698. The van der Waals surface area contributed by atoms with Crippen LogP contribution < -0.4 is 0 Å². The molecule has 2 aromatic rings. The largest absolute Gasteiger partial charge is 0.410 e. The van der Waals surface area contributed by atoms with Gasteiger partial charge in [-0.15, -0.1) is 21.5 Å². The molecular formula is C18H22N4O2S2. The van der Waals surface area contributed by atoms with Gasteiger partial charge in [-0.05, 0) is 43.7 Å². The summed E-state index contributed by atoms with van der Waals surface area (Å²) in [4.78, 5) is 16.3. The SMILES string of the molecule is C[C@H]1CCc2sc(-c3nnc(S[C@@H](C)C(=O)N(C)CCC#N)o3)cc2C1. The average Bonchev–Trinajstić information content (AvgIpc) is 3.24. The van der Waals surface area contributed by atoms with E-state index in [1.165, 1.54) is 28.6 Å². The summed E-state index contributed by atoms with van der Waals surface area (Å²) in [6.45, 7) is 4.52. The highest BCUT2D eigenvalue weighted by Gasteiger charge is 2.23. The minimum Gasteiger partial charge on any atom is -0.410 e. The molecule has 1 amide bonds. The fourth-order valence-electron chi connectivity index (χ4n) is 3.01. The van der Waals surface area contributed by atoms with Crippen LogP contribution in [0.25, 0.3) is 10.8 Å². The number of rotatable bonds is 6. The van der Waals surface area contributed by atoms with E-state index in [4.69, 9.17) is 9.68 Å². The molecule has 26 heavy (non-hydrogen) atoms. The van der Waals surface area contributed by atoms with Crippen molar-refractivity contribution in [2.24, 2.45) is 5.92 Å². The third-order valence-corrected chi connectivity index (χ3v) is 6.65. The van der Waals surface area contributed by atoms with Gasteiger partial charge < -0.3 is 9.32 Å². The molecule has 0 radical (unpaired) electrons. The third-order valence-electron chi connectivity index (χ3n) is 4.51. The number of amides is 1. The molecule has 0 aliphatic heterocycles. The van der Waals surface area contributed by atoms with Gasteiger partial charge in [-0.3, -0.25) is 4.79 Å². The van der Waals surface area contributed by atoms with Gasteiger partial charge in [-0.2, -0.15) is 5.26 Å². The van der Waals surface area contributed by atoms with Gasteiger partial charge in [0.2, 0.25) is 5.91 Å². The number of fused-ring (bicyclic) bond motifs is 1. The lowest BCUT2D eigenvalue weighted by Gasteiger charge is -2.18. The van der Waals surface area contributed by atoms with E-state index in [1.54, 1.807) is 23.3 Å². The van der Waals surface area contributed by atoms with Crippen molar-refractivity contribution in [3.63, 3.8) is 0 Å². The maximum absolute atomic E-state index is 12.3. The fraction of sp³-hybridized carbons (Fsp3) is 0.556. The third kappa shape index (κ3) is 4.27. The molecule has 3 rings (SSSR count). The number of carbonyl (C=O) groups excluding carboxylic acids is 1. The lowest BCUT2D eigenvalue weighted by Crippen LogP contribution is -2.33. The van der Waals surface area contributed by atoms with Crippen LogP contribution in [-0.4, -0.2) is 39.8 Å². The van der Waals surface area contributed by atoms with Crippen LogP contribution >= 0.6 is 23.1 Å². The highest BCUT2D eigenvalue weighted by Crippen LogP contribution is 2.37. The molecule has 0 N–H and O–H groups in total. The van der Waals surface area contributed by atoms with Gasteiger partial charge in [0.1, 0.15) is 0 Å². The molecule has 1 aliphatic carbocycles. The van der Waals surface area contributed by atoms with Crippen LogP contribution in [0.3, 0.4) is 0 Å². The Morgan fingerprint density at radius 3 is 3.15 bits per heavy atom. The van der Waals surface area contributed by atoms with Gasteiger partial charge in [0.05, 0.1) is 22.6 Å². The van der Waals surface area contributed by atoms with E-state index >= 15 is 0 Å². The minimum atomic E-state index is -0.343. The summed E-state index contributed by atoms with van der Waals surface area (Å²) in [5.74, 6) is 1.20. The highest BCUT2D eigenvalue weighted by molar-refractivity contribution is 8.00. The number of thiophene rings is 1. The summed E-state index contributed by atoms with van der Waals surface area (Å²) in [7, 11) is 1.70. The normalized spacial score (nSPS) is 17.4. The lowest BCUT2D eigenvalue weighted by molar-refractivity contribution is -0.128. The van der Waals surface area contributed by atoms with Crippen molar-refractivity contribution in [3.05, 3.63) is 16.5 Å². The zero-order chi connectivity index (χ0) is 18.7. The van der Waals surface area contributed by atoms with Crippen LogP contribution in [0, 0.1) is 17.2 Å². The van der Waals surface area contributed by atoms with Crippen molar-refractivity contribution in [2.75, 3.05) is 13.6 Å². The van der Waals surface area contributed by atoms with Crippen molar-refractivity contribution in [1.29, 1.82) is 5.26 Å². The monoisotopic (exact) mass is 390 g/mol. The Labute approximate surface area is 161 Å². The molecule has 2 atom stereocenters. The van der Waals surface area contributed by atoms with Gasteiger partial charge in [0.25, 0.3) is 11.1 Å². The number of hydrogen-bond donors (Lipinski definition) is 0. The molecule has 0 bridgehead atoms. The zero-order valence-corrected chi connectivity index (χ0v) is 16.8. The van der Waals surface area contributed by atoms with Crippen molar-refractivity contribution >= 4 is 29.0 Å². The Kier molecular flexibility index (Phi) is 5.99. The van der Waals surface area contributed by atoms with Gasteiger partial charge in [0, 0.05) is 18.5 Å². The summed E-state index contributed by atoms with van der Waals surface area (Å²) in [6, 6.07) is 4.21. The highest BCUT2D eigenvalue weighted by atomic mass is 32.2. The van der Waals surface area contributed by atoms with Crippen LogP contribution in [0.5, 0.6) is 0 Å². The Balaban J connectivity index is 1.65. The first kappa shape index (κ1) is 18.9. The number of aromatic nitrogens is 2. The van der Waals surface area contributed by atoms with Crippen LogP contribution in [0.2, 0.25) is 0 Å². The summed E-state index contributed by atoms with van der Waals surface area (Å²) >= 11 is 2.99. The van der Waals surface area contributed by atoms with E-state index in [-0.39, 0.29) is 11.2 Å². The number of carbonyl (C=O) groups is 1. The zero-order valence-electron chi connectivity index (χ0n) is 15.2. The van der Waals surface area contributed by atoms with Crippen LogP contribution in [-0.2, 0) is 17.6 Å². The Hall–Kier alpha value is -1.85. The van der Waals surface area contributed by atoms with E-state index in [9.17, 15) is 4.79 Å². The molecule has 0 aromatic carbocycles. The minimum absolute atomic E-state index is 0.0504. The summed E-state index contributed by atoms with van der Waals surface area (Å²) in [5.41, 5.74) is 1.40. The van der Waals surface area contributed by atoms with E-state index in [2.05, 4.69) is 23.2 Å². The van der Waals surface area contributed by atoms with E-state index < -0.39 is 0 Å². The van der Waals surface area contributed by atoms with E-state index in [0.29, 0.717) is 24.1 Å². The van der Waals surface area contributed by atoms with Gasteiger partial charge in [0.15, 0.2) is 0 Å². The summed E-state index contributed by atoms with van der Waals surface area (Å²) in [5, 5.41) is 16.9. The predicted octanol–water partition coefficient (Wildman–Crippen LogP) is 3.78. The molecule has 2 aromatic heterocycles. The summed E-state index contributed by atoms with van der Waals surface area (Å²) in [6.07, 6.45) is 3.79. The molecular weight excluding hydrogens is 368 g/mol. The Morgan fingerprint density at radius 1 is 1.58 bits per heavy atom. The predicted molar refractivity (Wildman–Crippen MR) is 102 cm³/mol. The first-order valence-corrected chi connectivity index (χ1v) is 10.4. The second-order valence-corrected chi connectivity index (χ2v) is 9.14. The maximum Gasteiger partial charge on any atom is 0.277 e. The van der Waals surface area contributed by atoms with Gasteiger partial charge in [-0.1, -0.05) is 18.7 Å². The number of nitrogens with zero attached hydrogens (tertiary/aromatic N) is 4. The number of hydrogen-bond acceptors (Lipinski definition) is 7. The number of aryl methyl sites for hydroxylation is 1. The Bertz CT molecular complexity index is 824. The van der Waals surface area contributed by atoms with Crippen molar-refractivity contribution < 1.29 is 9.21 Å². The number of thioether (sulfide) groups is 1. The van der Waals surface area contributed by atoms with Crippen molar-refractivity contribution in [3.8, 4) is 16.8 Å². The molecule has 0 spiro atoms. The Morgan fingerprint density at radius 2 is 2.38 bits per heavy atom. The molecule has 0 unspecified atom stereocenters. The van der Waals surface area contributed by atoms with Crippen LogP contribution in [0.15, 0.2) is 15.7 Å². The molecule has 8 heteroatoms. The van der Waals surface area contributed by atoms with Crippen molar-refractivity contribution in [2.45, 2.75) is 50.0 Å². The molecule has 1 aliphatic rings. The van der Waals surface area contributed by atoms with E-state index in [0.717, 1.165) is 23.6 Å². The van der Waals surface area contributed by atoms with Crippen LogP contribution in [0.4, 0.5) is 0 Å². The second kappa shape index (κ2) is 8.23. The fourth-order valence-corrected chi connectivity index (χ4v) is 4.94. The number of nitriles is 1. The first-order chi connectivity index (χ1) is 12.5. The maximum atomic E-state index is 12.3. The van der Waals surface area contributed by atoms with Gasteiger partial charge in [-0.25, -0.2) is 0 Å². The lowest BCUT2D eigenvalue weighted by atomic mass is 9.90. The first-order valence-electron chi connectivity index (χ1n) is 8.72.